The maximum Gasteiger partial charge on any atom is 0.305 e. The number of carbonyl (C=O) groups is 1. The molecule has 0 saturated heterocycles. The molecule has 3 nitrogen and oxygen atoms in total. The normalized spacial score (nSPS) is 12.2. The Kier molecular flexibility index (Phi) is 6.42. The molecule has 0 aromatic heterocycles. The number of ether oxygens (including phenoxy) is 1. The highest BCUT2D eigenvalue weighted by atomic mass is 19.2. The Hall–Kier alpha value is -1.49. The van der Waals surface area contributed by atoms with E-state index in [4.69, 9.17) is 4.74 Å². The summed E-state index contributed by atoms with van der Waals surface area (Å²) in [5.41, 5.74) is 0.250. The summed E-state index contributed by atoms with van der Waals surface area (Å²) in [5, 5.41) is 9.76. The van der Waals surface area contributed by atoms with Gasteiger partial charge in [0.05, 0.1) is 12.7 Å². The number of esters is 1. The highest BCUT2D eigenvalue weighted by molar-refractivity contribution is 5.69. The van der Waals surface area contributed by atoms with E-state index < -0.39 is 23.7 Å². The van der Waals surface area contributed by atoms with Crippen molar-refractivity contribution in [2.75, 3.05) is 6.61 Å². The van der Waals surface area contributed by atoms with Crippen LogP contribution in [0.5, 0.6) is 0 Å². The number of halogens is 2. The Morgan fingerprint density at radius 1 is 1.37 bits per heavy atom. The van der Waals surface area contributed by atoms with E-state index in [0.717, 1.165) is 25.0 Å². The van der Waals surface area contributed by atoms with Crippen LogP contribution in [0, 0.1) is 11.6 Å². The molecule has 0 amide bonds. The van der Waals surface area contributed by atoms with Gasteiger partial charge in [-0.2, -0.15) is 0 Å². The Labute approximate surface area is 111 Å². The van der Waals surface area contributed by atoms with E-state index in [1.807, 2.05) is 6.92 Å². The Morgan fingerprint density at radius 2 is 2.11 bits per heavy atom. The molecule has 5 heteroatoms. The molecule has 1 atom stereocenters. The molecule has 0 saturated carbocycles. The van der Waals surface area contributed by atoms with Crippen LogP contribution in [0.15, 0.2) is 18.2 Å². The second-order valence-corrected chi connectivity index (χ2v) is 4.30. The van der Waals surface area contributed by atoms with Crippen LogP contribution in [0.25, 0.3) is 0 Å². The van der Waals surface area contributed by atoms with Crippen LogP contribution in [0.3, 0.4) is 0 Å². The lowest BCUT2D eigenvalue weighted by atomic mass is 10.0. The zero-order chi connectivity index (χ0) is 14.3. The molecule has 0 aliphatic rings. The number of hydrogen-bond acceptors (Lipinski definition) is 3. The SMILES string of the molecule is CCCCOC(=O)CCC(O)c1ccc(F)c(F)c1. The molecule has 0 fully saturated rings. The van der Waals surface area contributed by atoms with Gasteiger partial charge >= 0.3 is 5.97 Å². The monoisotopic (exact) mass is 272 g/mol. The first-order chi connectivity index (χ1) is 9.04. The Balaban J connectivity index is 2.40. The zero-order valence-corrected chi connectivity index (χ0v) is 10.9. The molecule has 0 spiro atoms. The van der Waals surface area contributed by atoms with E-state index in [1.54, 1.807) is 0 Å². The predicted molar refractivity (Wildman–Crippen MR) is 66.4 cm³/mol. The van der Waals surface area contributed by atoms with Crippen molar-refractivity contribution in [2.45, 2.75) is 38.7 Å². The average molecular weight is 272 g/mol. The minimum absolute atomic E-state index is 0.0455. The highest BCUT2D eigenvalue weighted by Crippen LogP contribution is 2.20. The number of hydrogen-bond donors (Lipinski definition) is 1. The molecule has 0 aliphatic heterocycles. The lowest BCUT2D eigenvalue weighted by Gasteiger charge is -2.11. The first kappa shape index (κ1) is 15.6. The minimum atomic E-state index is -1.01. The first-order valence-corrected chi connectivity index (χ1v) is 6.33. The molecule has 1 aromatic carbocycles. The largest absolute Gasteiger partial charge is 0.466 e. The minimum Gasteiger partial charge on any atom is -0.466 e. The van der Waals surface area contributed by atoms with Crippen molar-refractivity contribution >= 4 is 5.97 Å². The number of benzene rings is 1. The molecule has 1 N–H and O–H groups in total. The fraction of sp³-hybridized carbons (Fsp3) is 0.500. The smallest absolute Gasteiger partial charge is 0.305 e. The van der Waals surface area contributed by atoms with E-state index in [9.17, 15) is 18.7 Å². The van der Waals surface area contributed by atoms with Crippen molar-refractivity contribution in [3.8, 4) is 0 Å². The van der Waals surface area contributed by atoms with E-state index in [0.29, 0.717) is 6.61 Å². The summed E-state index contributed by atoms with van der Waals surface area (Å²) >= 11 is 0. The van der Waals surface area contributed by atoms with Crippen molar-refractivity contribution in [1.82, 2.24) is 0 Å². The summed E-state index contributed by atoms with van der Waals surface area (Å²) in [6, 6.07) is 3.18. The van der Waals surface area contributed by atoms with Gasteiger partial charge in [-0.15, -0.1) is 0 Å². The Bertz CT molecular complexity index is 421. The van der Waals surface area contributed by atoms with Gasteiger partial charge in [0.15, 0.2) is 11.6 Å². The van der Waals surface area contributed by atoms with Crippen LogP contribution in [0.2, 0.25) is 0 Å². The van der Waals surface area contributed by atoms with Gasteiger partial charge in [0.2, 0.25) is 0 Å². The summed E-state index contributed by atoms with van der Waals surface area (Å²) in [6.07, 6.45) is 0.899. The van der Waals surface area contributed by atoms with E-state index in [1.165, 1.54) is 6.07 Å². The molecule has 0 bridgehead atoms. The van der Waals surface area contributed by atoms with Gasteiger partial charge in [-0.3, -0.25) is 4.79 Å². The summed E-state index contributed by atoms with van der Waals surface area (Å²) < 4.78 is 30.6. The van der Waals surface area contributed by atoms with E-state index >= 15 is 0 Å². The average Bonchev–Trinajstić information content (AvgIpc) is 2.39. The van der Waals surface area contributed by atoms with E-state index in [-0.39, 0.29) is 18.4 Å². The standard InChI is InChI=1S/C14H18F2O3/c1-2-3-8-19-14(18)7-6-13(17)10-4-5-11(15)12(16)9-10/h4-5,9,13,17H,2-3,6-8H2,1H3. The van der Waals surface area contributed by atoms with Crippen molar-refractivity contribution in [3.05, 3.63) is 35.4 Å². The van der Waals surface area contributed by atoms with Gasteiger partial charge in [-0.1, -0.05) is 19.4 Å². The van der Waals surface area contributed by atoms with Crippen molar-refractivity contribution < 1.29 is 23.4 Å². The molecule has 1 rings (SSSR count). The molecule has 106 valence electrons. The molecular weight excluding hydrogens is 254 g/mol. The maximum absolute atomic E-state index is 13.0. The third-order valence-electron chi connectivity index (χ3n) is 2.71. The fourth-order valence-electron chi connectivity index (χ4n) is 1.54. The van der Waals surface area contributed by atoms with Crippen molar-refractivity contribution in [2.24, 2.45) is 0 Å². The second kappa shape index (κ2) is 7.84. The van der Waals surface area contributed by atoms with Crippen LogP contribution < -0.4 is 0 Å². The Morgan fingerprint density at radius 3 is 2.74 bits per heavy atom. The van der Waals surface area contributed by atoms with Crippen molar-refractivity contribution in [1.29, 1.82) is 0 Å². The van der Waals surface area contributed by atoms with Gasteiger partial charge in [0, 0.05) is 6.42 Å². The molecule has 0 radical (unpaired) electrons. The molecule has 0 heterocycles. The van der Waals surface area contributed by atoms with Crippen LogP contribution in [-0.2, 0) is 9.53 Å². The van der Waals surface area contributed by atoms with Gasteiger partial charge in [0.25, 0.3) is 0 Å². The molecule has 1 unspecified atom stereocenters. The van der Waals surface area contributed by atoms with Gasteiger partial charge < -0.3 is 9.84 Å². The number of unbranched alkanes of at least 4 members (excludes halogenated alkanes) is 1. The summed E-state index contributed by atoms with van der Waals surface area (Å²) in [4.78, 5) is 11.3. The number of aliphatic hydroxyl groups excluding tert-OH is 1. The van der Waals surface area contributed by atoms with Crippen LogP contribution in [-0.4, -0.2) is 17.7 Å². The molecule has 1 aromatic rings. The summed E-state index contributed by atoms with van der Waals surface area (Å²) in [6.45, 7) is 2.36. The summed E-state index contributed by atoms with van der Waals surface area (Å²) in [5.74, 6) is -2.37. The third kappa shape index (κ3) is 5.34. The van der Waals surface area contributed by atoms with Gasteiger partial charge in [-0.05, 0) is 30.5 Å². The highest BCUT2D eigenvalue weighted by Gasteiger charge is 2.13. The van der Waals surface area contributed by atoms with Crippen LogP contribution in [0.4, 0.5) is 8.78 Å². The number of carbonyl (C=O) groups excluding carboxylic acids is 1. The summed E-state index contributed by atoms with van der Waals surface area (Å²) in [7, 11) is 0. The van der Waals surface area contributed by atoms with E-state index in [2.05, 4.69) is 0 Å². The van der Waals surface area contributed by atoms with Gasteiger partial charge in [0.1, 0.15) is 0 Å². The van der Waals surface area contributed by atoms with Crippen LogP contribution >= 0.6 is 0 Å². The quantitative estimate of drug-likeness (QED) is 0.612. The topological polar surface area (TPSA) is 46.5 Å². The zero-order valence-electron chi connectivity index (χ0n) is 10.9. The maximum atomic E-state index is 13.0. The third-order valence-corrected chi connectivity index (χ3v) is 2.71. The lowest BCUT2D eigenvalue weighted by Crippen LogP contribution is -2.08. The first-order valence-electron chi connectivity index (χ1n) is 6.33. The number of aliphatic hydroxyl groups is 1. The van der Waals surface area contributed by atoms with Gasteiger partial charge in [-0.25, -0.2) is 8.78 Å². The number of rotatable bonds is 7. The van der Waals surface area contributed by atoms with Crippen LogP contribution in [0.1, 0.15) is 44.3 Å². The van der Waals surface area contributed by atoms with Crippen molar-refractivity contribution in [3.63, 3.8) is 0 Å². The molecular formula is C14H18F2O3. The second-order valence-electron chi connectivity index (χ2n) is 4.30. The molecule has 19 heavy (non-hydrogen) atoms. The predicted octanol–water partition coefficient (Wildman–Crippen LogP) is 3.12. The lowest BCUT2D eigenvalue weighted by molar-refractivity contribution is -0.144. The molecule has 0 aliphatic carbocycles. The fourth-order valence-corrected chi connectivity index (χ4v) is 1.54.